The van der Waals surface area contributed by atoms with Crippen LogP contribution in [0.15, 0.2) is 59.2 Å². The van der Waals surface area contributed by atoms with Crippen LogP contribution in [0.4, 0.5) is 0 Å². The molecule has 0 saturated heterocycles. The van der Waals surface area contributed by atoms with Crippen LogP contribution in [-0.4, -0.2) is 30.8 Å². The molecule has 1 aliphatic heterocycles. The van der Waals surface area contributed by atoms with E-state index in [0.29, 0.717) is 11.5 Å². The number of amides is 1. The van der Waals surface area contributed by atoms with Crippen molar-refractivity contribution in [3.05, 3.63) is 70.9 Å². The topological polar surface area (TPSA) is 41.9 Å². The van der Waals surface area contributed by atoms with E-state index in [0.717, 1.165) is 16.9 Å². The van der Waals surface area contributed by atoms with E-state index < -0.39 is 0 Å². The number of methoxy groups -OCH3 is 1. The highest BCUT2D eigenvalue weighted by molar-refractivity contribution is 6.19. The van der Waals surface area contributed by atoms with Crippen molar-refractivity contribution in [3.8, 4) is 5.75 Å². The standard InChI is InChI=1S/C19H18N2O2/c1-13-4-8-15(9-5-13)18-20-17(19(22)21(18)2)12-14-6-10-16(23-3)11-7-14/h4-12H,1-3H3. The Morgan fingerprint density at radius 1 is 1.04 bits per heavy atom. The van der Waals surface area contributed by atoms with E-state index in [1.165, 1.54) is 5.56 Å². The third-order valence-electron chi connectivity index (χ3n) is 3.80. The highest BCUT2D eigenvalue weighted by Crippen LogP contribution is 2.22. The van der Waals surface area contributed by atoms with E-state index in [-0.39, 0.29) is 5.91 Å². The van der Waals surface area contributed by atoms with Crippen LogP contribution in [0.2, 0.25) is 0 Å². The minimum absolute atomic E-state index is 0.101. The maximum atomic E-state index is 12.4. The normalized spacial score (nSPS) is 16.0. The molecule has 0 bridgehead atoms. The Hall–Kier alpha value is -2.88. The van der Waals surface area contributed by atoms with Gasteiger partial charge < -0.3 is 4.74 Å². The first-order valence-corrected chi connectivity index (χ1v) is 7.38. The molecular formula is C19H18N2O2. The zero-order valence-corrected chi connectivity index (χ0v) is 13.4. The average Bonchev–Trinajstić information content (AvgIpc) is 2.85. The van der Waals surface area contributed by atoms with Gasteiger partial charge in [-0.05, 0) is 30.7 Å². The third kappa shape index (κ3) is 3.01. The van der Waals surface area contributed by atoms with E-state index in [1.807, 2.05) is 55.5 Å². The number of carbonyl (C=O) groups excluding carboxylic acids is 1. The highest BCUT2D eigenvalue weighted by atomic mass is 16.5. The van der Waals surface area contributed by atoms with Gasteiger partial charge in [0, 0.05) is 12.6 Å². The molecule has 1 aliphatic rings. The molecule has 4 nitrogen and oxygen atoms in total. The van der Waals surface area contributed by atoms with Crippen molar-refractivity contribution in [1.82, 2.24) is 4.90 Å². The van der Waals surface area contributed by atoms with E-state index in [2.05, 4.69) is 4.99 Å². The lowest BCUT2D eigenvalue weighted by atomic mass is 10.1. The monoisotopic (exact) mass is 306 g/mol. The largest absolute Gasteiger partial charge is 0.497 e. The van der Waals surface area contributed by atoms with Crippen LogP contribution in [0.3, 0.4) is 0 Å². The fourth-order valence-electron chi connectivity index (χ4n) is 2.42. The van der Waals surface area contributed by atoms with Crippen LogP contribution in [-0.2, 0) is 4.79 Å². The summed E-state index contributed by atoms with van der Waals surface area (Å²) in [6.07, 6.45) is 1.79. The van der Waals surface area contributed by atoms with Crippen LogP contribution in [0.5, 0.6) is 5.75 Å². The van der Waals surface area contributed by atoms with Crippen molar-refractivity contribution >= 4 is 17.8 Å². The molecule has 3 rings (SSSR count). The Kier molecular flexibility index (Phi) is 3.98. The zero-order valence-electron chi connectivity index (χ0n) is 13.4. The number of hydrogen-bond donors (Lipinski definition) is 0. The number of ether oxygens (including phenoxy) is 1. The van der Waals surface area contributed by atoms with Crippen LogP contribution < -0.4 is 4.74 Å². The predicted octanol–water partition coefficient (Wildman–Crippen LogP) is 3.26. The summed E-state index contributed by atoms with van der Waals surface area (Å²) >= 11 is 0. The van der Waals surface area contributed by atoms with Gasteiger partial charge in [0.15, 0.2) is 0 Å². The molecule has 23 heavy (non-hydrogen) atoms. The Labute approximate surface area is 135 Å². The molecule has 0 N–H and O–H groups in total. The van der Waals surface area contributed by atoms with Gasteiger partial charge in [-0.1, -0.05) is 42.0 Å². The van der Waals surface area contributed by atoms with Gasteiger partial charge in [-0.2, -0.15) is 0 Å². The second-order valence-corrected chi connectivity index (χ2v) is 5.47. The van der Waals surface area contributed by atoms with Gasteiger partial charge in [-0.25, -0.2) is 4.99 Å². The fraction of sp³-hybridized carbons (Fsp3) is 0.158. The molecule has 116 valence electrons. The van der Waals surface area contributed by atoms with Gasteiger partial charge in [0.25, 0.3) is 5.91 Å². The van der Waals surface area contributed by atoms with Gasteiger partial charge in [0.05, 0.1) is 7.11 Å². The minimum Gasteiger partial charge on any atom is -0.497 e. The summed E-state index contributed by atoms with van der Waals surface area (Å²) in [6.45, 7) is 2.03. The van der Waals surface area contributed by atoms with Crippen molar-refractivity contribution in [3.63, 3.8) is 0 Å². The SMILES string of the molecule is COc1ccc(C=C2N=C(c3ccc(C)cc3)N(C)C2=O)cc1. The molecule has 0 aliphatic carbocycles. The van der Waals surface area contributed by atoms with Gasteiger partial charge in [0.1, 0.15) is 17.3 Å². The van der Waals surface area contributed by atoms with Gasteiger partial charge >= 0.3 is 0 Å². The zero-order chi connectivity index (χ0) is 16.4. The number of nitrogens with zero attached hydrogens (tertiary/aromatic N) is 2. The lowest BCUT2D eigenvalue weighted by Crippen LogP contribution is -2.28. The number of benzene rings is 2. The average molecular weight is 306 g/mol. The van der Waals surface area contributed by atoms with Crippen LogP contribution in [0.25, 0.3) is 6.08 Å². The van der Waals surface area contributed by atoms with Gasteiger partial charge in [-0.15, -0.1) is 0 Å². The lowest BCUT2D eigenvalue weighted by Gasteiger charge is -2.11. The summed E-state index contributed by atoms with van der Waals surface area (Å²) in [5.74, 6) is 1.36. The number of carbonyl (C=O) groups is 1. The van der Waals surface area contributed by atoms with E-state index in [9.17, 15) is 4.79 Å². The Bertz CT molecular complexity index is 787. The van der Waals surface area contributed by atoms with Crippen LogP contribution >= 0.6 is 0 Å². The molecule has 0 spiro atoms. The lowest BCUT2D eigenvalue weighted by molar-refractivity contribution is -0.121. The van der Waals surface area contributed by atoms with Crippen molar-refractivity contribution < 1.29 is 9.53 Å². The van der Waals surface area contributed by atoms with Crippen molar-refractivity contribution in [1.29, 1.82) is 0 Å². The highest BCUT2D eigenvalue weighted by Gasteiger charge is 2.27. The molecule has 0 aromatic heterocycles. The molecule has 0 fully saturated rings. The Morgan fingerprint density at radius 2 is 1.70 bits per heavy atom. The van der Waals surface area contributed by atoms with Gasteiger partial charge in [0.2, 0.25) is 0 Å². The summed E-state index contributed by atoms with van der Waals surface area (Å²) < 4.78 is 5.14. The molecule has 1 amide bonds. The number of amidine groups is 1. The second-order valence-electron chi connectivity index (χ2n) is 5.47. The summed E-state index contributed by atoms with van der Waals surface area (Å²) in [7, 11) is 3.37. The maximum absolute atomic E-state index is 12.4. The van der Waals surface area contributed by atoms with E-state index in [1.54, 1.807) is 25.1 Å². The Morgan fingerprint density at radius 3 is 2.30 bits per heavy atom. The fourth-order valence-corrected chi connectivity index (χ4v) is 2.42. The summed E-state index contributed by atoms with van der Waals surface area (Å²) in [6, 6.07) is 15.5. The summed E-state index contributed by atoms with van der Waals surface area (Å²) in [5.41, 5.74) is 3.46. The van der Waals surface area contributed by atoms with Gasteiger partial charge in [-0.3, -0.25) is 9.69 Å². The van der Waals surface area contributed by atoms with Crippen molar-refractivity contribution in [2.45, 2.75) is 6.92 Å². The first-order valence-electron chi connectivity index (χ1n) is 7.38. The molecule has 1 heterocycles. The number of hydrogen-bond acceptors (Lipinski definition) is 3. The maximum Gasteiger partial charge on any atom is 0.277 e. The molecule has 0 radical (unpaired) electrons. The summed E-state index contributed by atoms with van der Waals surface area (Å²) in [4.78, 5) is 18.5. The number of rotatable bonds is 3. The van der Waals surface area contributed by atoms with Crippen LogP contribution in [0, 0.1) is 6.92 Å². The van der Waals surface area contributed by atoms with E-state index >= 15 is 0 Å². The quantitative estimate of drug-likeness (QED) is 0.817. The molecule has 0 atom stereocenters. The molecule has 2 aromatic rings. The minimum atomic E-state index is -0.101. The third-order valence-corrected chi connectivity index (χ3v) is 3.80. The molecular weight excluding hydrogens is 288 g/mol. The predicted molar refractivity (Wildman–Crippen MR) is 91.5 cm³/mol. The summed E-state index contributed by atoms with van der Waals surface area (Å²) in [5, 5.41) is 0. The first-order chi connectivity index (χ1) is 11.1. The second kappa shape index (κ2) is 6.08. The van der Waals surface area contributed by atoms with Crippen molar-refractivity contribution in [2.75, 3.05) is 14.2 Å². The Balaban J connectivity index is 1.94. The smallest absolute Gasteiger partial charge is 0.277 e. The molecule has 0 unspecified atom stereocenters. The van der Waals surface area contributed by atoms with Crippen LogP contribution in [0.1, 0.15) is 16.7 Å². The molecule has 2 aromatic carbocycles. The molecule has 0 saturated carbocycles. The number of aryl methyl sites for hydroxylation is 1. The van der Waals surface area contributed by atoms with Crippen molar-refractivity contribution in [2.24, 2.45) is 4.99 Å². The number of aliphatic imine (C=N–C) groups is 1. The number of likely N-dealkylation sites (N-methyl/N-ethyl adjacent to an activating group) is 1. The molecule has 4 heteroatoms. The van der Waals surface area contributed by atoms with E-state index in [4.69, 9.17) is 4.74 Å². The first kappa shape index (κ1) is 15.0.